The van der Waals surface area contributed by atoms with Crippen molar-refractivity contribution in [3.63, 3.8) is 0 Å². The summed E-state index contributed by atoms with van der Waals surface area (Å²) < 4.78 is 22.6. The van der Waals surface area contributed by atoms with Crippen LogP contribution in [0.3, 0.4) is 0 Å². The van der Waals surface area contributed by atoms with Gasteiger partial charge in [-0.3, -0.25) is 4.79 Å². The van der Waals surface area contributed by atoms with Crippen molar-refractivity contribution in [2.45, 2.75) is 12.5 Å². The summed E-state index contributed by atoms with van der Waals surface area (Å²) in [6, 6.07) is 6.82. The number of benzene rings is 1. The topological polar surface area (TPSA) is 75.3 Å². The molecule has 1 aliphatic heterocycles. The minimum atomic E-state index is -2.96. The van der Waals surface area contributed by atoms with Gasteiger partial charge in [-0.25, -0.2) is 8.42 Å². The molecule has 98 valence electrons. The Hall–Kier alpha value is -1.56. The Balaban J connectivity index is 2.04. The summed E-state index contributed by atoms with van der Waals surface area (Å²) in [6.07, 6.45) is 0.500. The normalized spacial score (nSPS) is 21.5. The van der Waals surface area contributed by atoms with Crippen LogP contribution in [0.1, 0.15) is 16.8 Å². The molecule has 6 heteroatoms. The number of hydrogen-bond acceptors (Lipinski definition) is 4. The molecule has 1 aromatic rings. The fourth-order valence-electron chi connectivity index (χ4n) is 1.99. The van der Waals surface area contributed by atoms with Crippen LogP contribution in [0.15, 0.2) is 24.3 Å². The van der Waals surface area contributed by atoms with Crippen molar-refractivity contribution >= 4 is 21.4 Å². The lowest BCUT2D eigenvalue weighted by atomic mass is 10.1. The van der Waals surface area contributed by atoms with E-state index in [-0.39, 0.29) is 23.5 Å². The number of rotatable bonds is 3. The number of carbonyl (C=O) groups excluding carboxylic acids is 1. The Bertz CT molecular complexity index is 554. The zero-order valence-corrected chi connectivity index (χ0v) is 11.0. The van der Waals surface area contributed by atoms with Gasteiger partial charge < -0.3 is 10.6 Å². The molecule has 2 rings (SSSR count). The van der Waals surface area contributed by atoms with E-state index in [9.17, 15) is 13.2 Å². The van der Waals surface area contributed by atoms with Crippen molar-refractivity contribution in [1.29, 1.82) is 0 Å². The summed E-state index contributed by atoms with van der Waals surface area (Å²) in [5.74, 6) is -0.0203. The van der Waals surface area contributed by atoms with Gasteiger partial charge in [0.2, 0.25) is 0 Å². The van der Waals surface area contributed by atoms with Crippen LogP contribution in [0.25, 0.3) is 0 Å². The van der Waals surface area contributed by atoms with Gasteiger partial charge in [0.25, 0.3) is 5.91 Å². The second kappa shape index (κ2) is 4.97. The van der Waals surface area contributed by atoms with Crippen molar-refractivity contribution in [1.82, 2.24) is 5.32 Å². The summed E-state index contributed by atoms with van der Waals surface area (Å²) >= 11 is 0. The highest BCUT2D eigenvalue weighted by Gasteiger charge is 2.29. The van der Waals surface area contributed by atoms with E-state index in [1.54, 1.807) is 25.2 Å². The molecule has 1 heterocycles. The van der Waals surface area contributed by atoms with Gasteiger partial charge in [-0.15, -0.1) is 0 Å². The second-order valence-electron chi connectivity index (χ2n) is 4.40. The van der Waals surface area contributed by atoms with E-state index in [2.05, 4.69) is 10.6 Å². The van der Waals surface area contributed by atoms with Crippen molar-refractivity contribution < 1.29 is 13.2 Å². The van der Waals surface area contributed by atoms with E-state index in [0.717, 1.165) is 5.69 Å². The predicted molar refractivity (Wildman–Crippen MR) is 70.5 cm³/mol. The fraction of sp³-hybridized carbons (Fsp3) is 0.417. The molecule has 0 radical (unpaired) electrons. The predicted octanol–water partition coefficient (Wildman–Crippen LogP) is 0.645. The van der Waals surface area contributed by atoms with Gasteiger partial charge in [0.1, 0.15) is 0 Å². The van der Waals surface area contributed by atoms with Crippen molar-refractivity contribution in [3.8, 4) is 0 Å². The van der Waals surface area contributed by atoms with E-state index in [1.165, 1.54) is 0 Å². The maximum Gasteiger partial charge on any atom is 0.251 e. The third-order valence-electron chi connectivity index (χ3n) is 2.98. The first-order valence-corrected chi connectivity index (χ1v) is 7.61. The number of carbonyl (C=O) groups is 1. The minimum absolute atomic E-state index is 0.0461. The zero-order valence-electron chi connectivity index (χ0n) is 10.1. The van der Waals surface area contributed by atoms with Crippen LogP contribution in [0.5, 0.6) is 0 Å². The van der Waals surface area contributed by atoms with Crippen LogP contribution in [0, 0.1) is 0 Å². The quantitative estimate of drug-likeness (QED) is 0.844. The van der Waals surface area contributed by atoms with E-state index in [4.69, 9.17) is 0 Å². The van der Waals surface area contributed by atoms with Gasteiger partial charge in [0.15, 0.2) is 9.84 Å². The highest BCUT2D eigenvalue weighted by atomic mass is 32.2. The second-order valence-corrected chi connectivity index (χ2v) is 6.63. The molecular weight excluding hydrogens is 252 g/mol. The van der Waals surface area contributed by atoms with Gasteiger partial charge in [0, 0.05) is 24.3 Å². The zero-order chi connectivity index (χ0) is 13.2. The maximum atomic E-state index is 11.9. The van der Waals surface area contributed by atoms with E-state index < -0.39 is 9.84 Å². The Morgan fingerprint density at radius 2 is 2.17 bits per heavy atom. The number of hydrogen-bond donors (Lipinski definition) is 2. The molecule has 1 fully saturated rings. The molecule has 1 unspecified atom stereocenters. The summed E-state index contributed by atoms with van der Waals surface area (Å²) in [4.78, 5) is 11.9. The molecule has 0 saturated carbocycles. The third-order valence-corrected chi connectivity index (χ3v) is 4.75. The van der Waals surface area contributed by atoms with E-state index in [0.29, 0.717) is 12.0 Å². The fourth-order valence-corrected chi connectivity index (χ4v) is 3.67. The average Bonchev–Trinajstić information content (AvgIpc) is 2.68. The van der Waals surface area contributed by atoms with Crippen LogP contribution >= 0.6 is 0 Å². The molecule has 5 nitrogen and oxygen atoms in total. The van der Waals surface area contributed by atoms with E-state index >= 15 is 0 Å². The molecule has 1 aliphatic rings. The molecule has 1 atom stereocenters. The lowest BCUT2D eigenvalue weighted by molar-refractivity contribution is 0.0941. The molecule has 2 N–H and O–H groups in total. The van der Waals surface area contributed by atoms with Crippen molar-refractivity contribution in [2.75, 3.05) is 23.9 Å². The summed E-state index contributed by atoms with van der Waals surface area (Å²) in [6.45, 7) is 0. The lowest BCUT2D eigenvalue weighted by Crippen LogP contribution is -2.35. The molecule has 0 aliphatic carbocycles. The van der Waals surface area contributed by atoms with Gasteiger partial charge in [-0.05, 0) is 24.6 Å². The Kier molecular flexibility index (Phi) is 3.56. The number of anilines is 1. The molecule has 1 amide bonds. The Morgan fingerprint density at radius 3 is 2.78 bits per heavy atom. The highest BCUT2D eigenvalue weighted by molar-refractivity contribution is 7.91. The Labute approximate surface area is 107 Å². The average molecular weight is 268 g/mol. The van der Waals surface area contributed by atoms with Crippen LogP contribution in [0.2, 0.25) is 0 Å². The summed E-state index contributed by atoms with van der Waals surface area (Å²) in [5, 5.41) is 5.71. The molecule has 1 aromatic carbocycles. The summed E-state index contributed by atoms with van der Waals surface area (Å²) in [7, 11) is -1.18. The van der Waals surface area contributed by atoms with Crippen molar-refractivity contribution in [2.24, 2.45) is 0 Å². The lowest BCUT2D eigenvalue weighted by Gasteiger charge is -2.11. The summed E-state index contributed by atoms with van der Waals surface area (Å²) in [5.41, 5.74) is 1.38. The SMILES string of the molecule is CNc1cccc(C(=O)NC2CCS(=O)(=O)C2)c1. The molecule has 18 heavy (non-hydrogen) atoms. The smallest absolute Gasteiger partial charge is 0.251 e. The molecule has 0 bridgehead atoms. The van der Waals surface area contributed by atoms with Gasteiger partial charge in [-0.2, -0.15) is 0 Å². The standard InChI is InChI=1S/C12H16N2O3S/c1-13-10-4-2-3-9(7-10)12(15)14-11-5-6-18(16,17)8-11/h2-4,7,11,13H,5-6,8H2,1H3,(H,14,15). The van der Waals surface area contributed by atoms with Gasteiger partial charge in [0.05, 0.1) is 11.5 Å². The van der Waals surface area contributed by atoms with Gasteiger partial charge >= 0.3 is 0 Å². The first kappa shape index (κ1) is 12.9. The largest absolute Gasteiger partial charge is 0.388 e. The number of amides is 1. The first-order valence-electron chi connectivity index (χ1n) is 5.79. The van der Waals surface area contributed by atoms with Crippen LogP contribution in [-0.2, 0) is 9.84 Å². The first-order chi connectivity index (χ1) is 8.50. The van der Waals surface area contributed by atoms with Gasteiger partial charge in [-0.1, -0.05) is 6.07 Å². The molecular formula is C12H16N2O3S. The van der Waals surface area contributed by atoms with Crippen molar-refractivity contribution in [3.05, 3.63) is 29.8 Å². The molecule has 0 aromatic heterocycles. The molecule has 0 spiro atoms. The molecule has 1 saturated heterocycles. The highest BCUT2D eigenvalue weighted by Crippen LogP contribution is 2.14. The van der Waals surface area contributed by atoms with Crippen LogP contribution < -0.4 is 10.6 Å². The number of sulfone groups is 1. The van der Waals surface area contributed by atoms with Crippen LogP contribution in [0.4, 0.5) is 5.69 Å². The Morgan fingerprint density at radius 1 is 1.39 bits per heavy atom. The third kappa shape index (κ3) is 3.01. The maximum absolute atomic E-state index is 11.9. The monoisotopic (exact) mass is 268 g/mol. The number of nitrogens with one attached hydrogen (secondary N) is 2. The van der Waals surface area contributed by atoms with E-state index in [1.807, 2.05) is 6.07 Å². The van der Waals surface area contributed by atoms with Crippen LogP contribution in [-0.4, -0.2) is 38.9 Å². The minimum Gasteiger partial charge on any atom is -0.388 e.